The molecular formula is C21H23F3N2O3. The van der Waals surface area contributed by atoms with Gasteiger partial charge in [0.2, 0.25) is 5.91 Å². The molecule has 2 aromatic rings. The van der Waals surface area contributed by atoms with Crippen LogP contribution in [0.5, 0.6) is 5.75 Å². The van der Waals surface area contributed by atoms with Crippen LogP contribution >= 0.6 is 0 Å². The molecular weight excluding hydrogens is 385 g/mol. The van der Waals surface area contributed by atoms with Crippen LogP contribution in [0, 0.1) is 0 Å². The van der Waals surface area contributed by atoms with E-state index in [1.54, 1.807) is 24.3 Å². The fourth-order valence-electron chi connectivity index (χ4n) is 3.14. The van der Waals surface area contributed by atoms with E-state index in [0.717, 1.165) is 17.7 Å². The molecule has 0 atom stereocenters. The van der Waals surface area contributed by atoms with E-state index < -0.39 is 11.7 Å². The molecule has 29 heavy (non-hydrogen) atoms. The Morgan fingerprint density at radius 2 is 1.83 bits per heavy atom. The molecule has 0 aromatic heterocycles. The average molecular weight is 408 g/mol. The van der Waals surface area contributed by atoms with Crippen LogP contribution in [0.15, 0.2) is 42.5 Å². The first-order valence-corrected chi connectivity index (χ1v) is 9.42. The number of nitrogens with zero attached hydrogens (tertiary/aromatic N) is 1. The summed E-state index contributed by atoms with van der Waals surface area (Å²) in [6, 6.07) is 10.5. The number of alkyl halides is 3. The number of nitrogens with one attached hydrogen (secondary N) is 1. The van der Waals surface area contributed by atoms with Gasteiger partial charge in [0.25, 0.3) is 0 Å². The Morgan fingerprint density at radius 1 is 1.14 bits per heavy atom. The van der Waals surface area contributed by atoms with Crippen molar-refractivity contribution in [2.75, 3.05) is 43.1 Å². The van der Waals surface area contributed by atoms with Crippen LogP contribution in [0.3, 0.4) is 0 Å². The molecule has 0 bridgehead atoms. The number of anilines is 2. The van der Waals surface area contributed by atoms with Gasteiger partial charge in [0.15, 0.2) is 0 Å². The molecule has 8 heteroatoms. The van der Waals surface area contributed by atoms with E-state index in [1.807, 2.05) is 11.8 Å². The molecule has 1 N–H and O–H groups in total. The second kappa shape index (κ2) is 9.17. The monoisotopic (exact) mass is 408 g/mol. The van der Waals surface area contributed by atoms with Crippen LogP contribution in [0.2, 0.25) is 0 Å². The summed E-state index contributed by atoms with van der Waals surface area (Å²) >= 11 is 0. The fraction of sp³-hybridized carbons (Fsp3) is 0.381. The first kappa shape index (κ1) is 21.0. The Kier molecular flexibility index (Phi) is 6.64. The van der Waals surface area contributed by atoms with E-state index in [4.69, 9.17) is 9.47 Å². The van der Waals surface area contributed by atoms with Crippen molar-refractivity contribution < 1.29 is 27.4 Å². The Morgan fingerprint density at radius 3 is 2.45 bits per heavy atom. The van der Waals surface area contributed by atoms with E-state index in [2.05, 4.69) is 5.32 Å². The summed E-state index contributed by atoms with van der Waals surface area (Å²) in [6.07, 6.45) is -4.44. The van der Waals surface area contributed by atoms with Gasteiger partial charge >= 0.3 is 6.18 Å². The number of rotatable bonds is 6. The molecule has 0 saturated carbocycles. The number of carbonyl (C=O) groups excluding carboxylic acids is 1. The van der Waals surface area contributed by atoms with Crippen molar-refractivity contribution in [3.05, 3.63) is 53.6 Å². The van der Waals surface area contributed by atoms with Crippen molar-refractivity contribution >= 4 is 17.3 Å². The Hall–Kier alpha value is -2.74. The molecule has 0 aliphatic carbocycles. The lowest BCUT2D eigenvalue weighted by Gasteiger charge is -2.31. The predicted molar refractivity (Wildman–Crippen MR) is 104 cm³/mol. The molecule has 0 radical (unpaired) electrons. The van der Waals surface area contributed by atoms with Crippen LogP contribution in [-0.2, 0) is 22.1 Å². The van der Waals surface area contributed by atoms with Crippen LogP contribution < -0.4 is 15.0 Å². The van der Waals surface area contributed by atoms with Crippen molar-refractivity contribution in [1.82, 2.24) is 0 Å². The zero-order chi connectivity index (χ0) is 20.9. The van der Waals surface area contributed by atoms with Gasteiger partial charge in [-0.05, 0) is 42.8 Å². The van der Waals surface area contributed by atoms with Crippen LogP contribution in [0.25, 0.3) is 0 Å². The maximum Gasteiger partial charge on any atom is 0.416 e. The minimum atomic E-state index is -4.49. The number of benzene rings is 2. The molecule has 1 aliphatic heterocycles. The van der Waals surface area contributed by atoms with Crippen molar-refractivity contribution in [1.29, 1.82) is 0 Å². The highest BCUT2D eigenvalue weighted by Gasteiger charge is 2.32. The van der Waals surface area contributed by atoms with E-state index >= 15 is 0 Å². The summed E-state index contributed by atoms with van der Waals surface area (Å²) in [5, 5.41) is 2.66. The van der Waals surface area contributed by atoms with Gasteiger partial charge in [0.1, 0.15) is 5.75 Å². The molecule has 156 valence electrons. The lowest BCUT2D eigenvalue weighted by atomic mass is 10.1. The molecule has 3 rings (SSSR count). The first-order valence-electron chi connectivity index (χ1n) is 9.42. The third-order valence-electron chi connectivity index (χ3n) is 4.55. The third kappa shape index (κ3) is 5.63. The van der Waals surface area contributed by atoms with Gasteiger partial charge in [-0.3, -0.25) is 4.79 Å². The first-order chi connectivity index (χ1) is 13.9. The summed E-state index contributed by atoms with van der Waals surface area (Å²) in [4.78, 5) is 14.4. The molecule has 1 fully saturated rings. The molecule has 0 spiro atoms. The quantitative estimate of drug-likeness (QED) is 0.781. The third-order valence-corrected chi connectivity index (χ3v) is 4.55. The van der Waals surface area contributed by atoms with Crippen molar-refractivity contribution in [3.63, 3.8) is 0 Å². The zero-order valence-corrected chi connectivity index (χ0v) is 16.1. The maximum atomic E-state index is 13.2. The highest BCUT2D eigenvalue weighted by Crippen LogP contribution is 2.35. The standard InChI is InChI=1S/C21H23F3N2O3/c1-2-29-17-6-3-15(4-7-17)13-20(27)25-18-14-16(21(22,23)24)5-8-19(18)26-9-11-28-12-10-26/h3-8,14H,2,9-13H2,1H3,(H,25,27). The summed E-state index contributed by atoms with van der Waals surface area (Å²) in [7, 11) is 0. The van der Waals surface area contributed by atoms with Gasteiger partial charge in [-0.2, -0.15) is 13.2 Å². The minimum Gasteiger partial charge on any atom is -0.494 e. The number of amides is 1. The van der Waals surface area contributed by atoms with E-state index in [-0.39, 0.29) is 18.0 Å². The zero-order valence-electron chi connectivity index (χ0n) is 16.1. The molecule has 1 saturated heterocycles. The molecule has 0 unspecified atom stereocenters. The van der Waals surface area contributed by atoms with Crippen molar-refractivity contribution in [3.8, 4) is 5.75 Å². The SMILES string of the molecule is CCOc1ccc(CC(=O)Nc2cc(C(F)(F)F)ccc2N2CCOCC2)cc1. The second-order valence-electron chi connectivity index (χ2n) is 6.63. The molecule has 1 aliphatic rings. The number of carbonyl (C=O) groups is 1. The summed E-state index contributed by atoms with van der Waals surface area (Å²) in [6.45, 7) is 4.49. The molecule has 5 nitrogen and oxygen atoms in total. The minimum absolute atomic E-state index is 0.0468. The van der Waals surface area contributed by atoms with Crippen LogP contribution in [-0.4, -0.2) is 38.8 Å². The molecule has 1 heterocycles. The Balaban J connectivity index is 1.78. The number of hydrogen-bond donors (Lipinski definition) is 1. The van der Waals surface area contributed by atoms with Crippen LogP contribution in [0.1, 0.15) is 18.1 Å². The van der Waals surface area contributed by atoms with Gasteiger partial charge in [-0.1, -0.05) is 12.1 Å². The summed E-state index contributed by atoms with van der Waals surface area (Å²) < 4.78 is 50.2. The number of halogens is 3. The van der Waals surface area contributed by atoms with E-state index in [1.165, 1.54) is 6.07 Å². The lowest BCUT2D eigenvalue weighted by Crippen LogP contribution is -2.37. The number of ether oxygens (including phenoxy) is 2. The Labute approximate surface area is 167 Å². The summed E-state index contributed by atoms with van der Waals surface area (Å²) in [5.74, 6) is 0.312. The van der Waals surface area contributed by atoms with Gasteiger partial charge in [0.05, 0.1) is 43.2 Å². The predicted octanol–water partition coefficient (Wildman–Crippen LogP) is 4.12. The van der Waals surface area contributed by atoms with Crippen molar-refractivity contribution in [2.24, 2.45) is 0 Å². The smallest absolute Gasteiger partial charge is 0.416 e. The Bertz CT molecular complexity index is 832. The average Bonchev–Trinajstić information content (AvgIpc) is 2.69. The normalized spacial score (nSPS) is 14.6. The highest BCUT2D eigenvalue weighted by atomic mass is 19.4. The van der Waals surface area contributed by atoms with Crippen LogP contribution in [0.4, 0.5) is 24.5 Å². The largest absolute Gasteiger partial charge is 0.494 e. The maximum absolute atomic E-state index is 13.2. The molecule has 1 amide bonds. The van der Waals surface area contributed by atoms with E-state index in [9.17, 15) is 18.0 Å². The van der Waals surface area contributed by atoms with Gasteiger partial charge in [0, 0.05) is 13.1 Å². The van der Waals surface area contributed by atoms with Gasteiger partial charge in [-0.25, -0.2) is 0 Å². The van der Waals surface area contributed by atoms with Gasteiger partial charge in [-0.15, -0.1) is 0 Å². The van der Waals surface area contributed by atoms with E-state index in [0.29, 0.717) is 44.3 Å². The lowest BCUT2D eigenvalue weighted by molar-refractivity contribution is -0.137. The fourth-order valence-corrected chi connectivity index (χ4v) is 3.14. The highest BCUT2D eigenvalue weighted by molar-refractivity contribution is 5.95. The molecule has 2 aromatic carbocycles. The van der Waals surface area contributed by atoms with Crippen molar-refractivity contribution in [2.45, 2.75) is 19.5 Å². The summed E-state index contributed by atoms with van der Waals surface area (Å²) in [5.41, 5.74) is 0.649. The topological polar surface area (TPSA) is 50.8 Å². The number of morpholine rings is 1. The number of hydrogen-bond acceptors (Lipinski definition) is 4. The van der Waals surface area contributed by atoms with Gasteiger partial charge < -0.3 is 19.7 Å². The second-order valence-corrected chi connectivity index (χ2v) is 6.63.